The molecule has 1 aromatic rings. The van der Waals surface area contributed by atoms with Gasteiger partial charge < -0.3 is 0 Å². The van der Waals surface area contributed by atoms with Crippen LogP contribution < -0.4 is 0 Å². The highest BCUT2D eigenvalue weighted by atomic mass is 19.1. The summed E-state index contributed by atoms with van der Waals surface area (Å²) in [5.41, 5.74) is 1.67. The Labute approximate surface area is 76.3 Å². The molecule has 1 rings (SSSR count). The minimum atomic E-state index is -0.498. The molecule has 0 atom stereocenters. The molecule has 1 heterocycles. The molecule has 1 aromatic heterocycles. The fourth-order valence-electron chi connectivity index (χ4n) is 0.931. The van der Waals surface area contributed by atoms with E-state index in [-0.39, 0.29) is 0 Å². The number of aromatic nitrogens is 1. The van der Waals surface area contributed by atoms with Crippen molar-refractivity contribution in [3.8, 4) is 6.07 Å². The van der Waals surface area contributed by atoms with E-state index in [2.05, 4.69) is 4.98 Å². The molecule has 2 nitrogen and oxygen atoms in total. The van der Waals surface area contributed by atoms with Crippen LogP contribution in [0, 0.1) is 24.2 Å². The summed E-state index contributed by atoms with van der Waals surface area (Å²) in [7, 11) is 0. The molecule has 0 saturated carbocycles. The molecule has 13 heavy (non-hydrogen) atoms. The van der Waals surface area contributed by atoms with Crippen molar-refractivity contribution in [2.75, 3.05) is 0 Å². The normalized spacial score (nSPS) is 10.2. The molecule has 0 saturated heterocycles. The van der Waals surface area contributed by atoms with Crippen LogP contribution in [0.25, 0.3) is 6.08 Å². The van der Waals surface area contributed by atoms with Crippen LogP contribution >= 0.6 is 0 Å². The summed E-state index contributed by atoms with van der Waals surface area (Å²) in [4.78, 5) is 3.50. The third-order valence-corrected chi connectivity index (χ3v) is 1.62. The first-order valence-corrected chi connectivity index (χ1v) is 3.89. The Morgan fingerprint density at radius 2 is 2.46 bits per heavy atom. The Balaban J connectivity index is 2.88. The van der Waals surface area contributed by atoms with E-state index in [0.29, 0.717) is 6.42 Å². The molecule has 0 aliphatic heterocycles. The lowest BCUT2D eigenvalue weighted by atomic mass is 10.1. The number of pyridine rings is 1. The first kappa shape index (κ1) is 9.40. The molecule has 3 heteroatoms. The number of aryl methyl sites for hydroxylation is 1. The zero-order valence-electron chi connectivity index (χ0n) is 7.29. The Morgan fingerprint density at radius 3 is 3.15 bits per heavy atom. The van der Waals surface area contributed by atoms with E-state index in [4.69, 9.17) is 5.26 Å². The molecule has 0 radical (unpaired) electrons. The molecule has 0 aliphatic rings. The Bertz CT molecular complexity index is 364. The van der Waals surface area contributed by atoms with Gasteiger partial charge in [0.2, 0.25) is 5.95 Å². The van der Waals surface area contributed by atoms with Crippen LogP contribution in [0.1, 0.15) is 17.5 Å². The van der Waals surface area contributed by atoms with Crippen molar-refractivity contribution in [3.63, 3.8) is 0 Å². The fraction of sp³-hybridized carbons (Fsp3) is 0.200. The molecule has 0 aromatic carbocycles. The van der Waals surface area contributed by atoms with Gasteiger partial charge in [0, 0.05) is 12.3 Å². The number of hydrogen-bond donors (Lipinski definition) is 0. The van der Waals surface area contributed by atoms with Gasteiger partial charge in [0.05, 0.1) is 12.5 Å². The predicted octanol–water partition coefficient (Wildman–Crippen LogP) is 2.46. The monoisotopic (exact) mass is 176 g/mol. The molecule has 0 unspecified atom stereocenters. The molecule has 0 fully saturated rings. The molecule has 66 valence electrons. The Hall–Kier alpha value is -1.69. The van der Waals surface area contributed by atoms with Gasteiger partial charge in [-0.2, -0.15) is 9.65 Å². The number of nitriles is 1. The summed E-state index contributed by atoms with van der Waals surface area (Å²) in [5, 5.41) is 8.28. The highest BCUT2D eigenvalue weighted by Crippen LogP contribution is 2.09. The van der Waals surface area contributed by atoms with Crippen LogP contribution in [-0.2, 0) is 0 Å². The van der Waals surface area contributed by atoms with Crippen molar-refractivity contribution in [1.29, 1.82) is 5.26 Å². The number of hydrogen-bond acceptors (Lipinski definition) is 2. The van der Waals surface area contributed by atoms with Crippen LogP contribution in [0.15, 0.2) is 18.3 Å². The second-order valence-corrected chi connectivity index (χ2v) is 2.63. The van der Waals surface area contributed by atoms with Gasteiger partial charge in [0.25, 0.3) is 0 Å². The minimum absolute atomic E-state index is 0.337. The quantitative estimate of drug-likeness (QED) is 0.649. The standard InChI is InChI=1S/C10H9FN2/c1-8-7-13-10(11)6-9(8)4-2-3-5-12/h2,4,6-7H,3H2,1H3. The molecular weight excluding hydrogens is 167 g/mol. The number of rotatable bonds is 2. The van der Waals surface area contributed by atoms with Crippen LogP contribution in [0.2, 0.25) is 0 Å². The largest absolute Gasteiger partial charge is 0.228 e. The van der Waals surface area contributed by atoms with Gasteiger partial charge in [-0.1, -0.05) is 12.2 Å². The summed E-state index contributed by atoms with van der Waals surface area (Å²) in [5.74, 6) is -0.498. The molecule has 0 bridgehead atoms. The number of allylic oxidation sites excluding steroid dienone is 1. The lowest BCUT2D eigenvalue weighted by molar-refractivity contribution is 0.582. The van der Waals surface area contributed by atoms with Gasteiger partial charge in [-0.3, -0.25) is 0 Å². The third kappa shape index (κ3) is 2.68. The van der Waals surface area contributed by atoms with Crippen LogP contribution in [-0.4, -0.2) is 4.98 Å². The Kier molecular flexibility index (Phi) is 3.15. The summed E-state index contributed by atoms with van der Waals surface area (Å²) >= 11 is 0. The molecular formula is C10H9FN2. The summed E-state index contributed by atoms with van der Waals surface area (Å²) in [6, 6.07) is 3.33. The zero-order chi connectivity index (χ0) is 9.68. The second-order valence-electron chi connectivity index (χ2n) is 2.63. The predicted molar refractivity (Wildman–Crippen MR) is 48.2 cm³/mol. The van der Waals surface area contributed by atoms with Gasteiger partial charge in [-0.25, -0.2) is 4.98 Å². The maximum absolute atomic E-state index is 12.6. The van der Waals surface area contributed by atoms with Gasteiger partial charge in [-0.05, 0) is 18.1 Å². The maximum atomic E-state index is 12.6. The molecule has 0 amide bonds. The fourth-order valence-corrected chi connectivity index (χ4v) is 0.931. The second kappa shape index (κ2) is 4.36. The number of nitrogens with zero attached hydrogens (tertiary/aromatic N) is 2. The highest BCUT2D eigenvalue weighted by molar-refractivity contribution is 5.52. The van der Waals surface area contributed by atoms with Crippen molar-refractivity contribution in [3.05, 3.63) is 35.4 Å². The third-order valence-electron chi connectivity index (χ3n) is 1.62. The van der Waals surface area contributed by atoms with E-state index < -0.39 is 5.95 Å². The van der Waals surface area contributed by atoms with E-state index in [1.807, 2.05) is 13.0 Å². The summed E-state index contributed by atoms with van der Waals surface area (Å²) in [6.07, 6.45) is 5.23. The van der Waals surface area contributed by atoms with Crippen molar-refractivity contribution in [2.24, 2.45) is 0 Å². The molecule has 0 spiro atoms. The minimum Gasteiger partial charge on any atom is -0.228 e. The van der Waals surface area contributed by atoms with E-state index in [9.17, 15) is 4.39 Å². The van der Waals surface area contributed by atoms with Crippen molar-refractivity contribution < 1.29 is 4.39 Å². The first-order chi connectivity index (χ1) is 6.24. The van der Waals surface area contributed by atoms with Gasteiger partial charge in [0.1, 0.15) is 0 Å². The van der Waals surface area contributed by atoms with E-state index in [0.717, 1.165) is 11.1 Å². The van der Waals surface area contributed by atoms with Crippen LogP contribution in [0.3, 0.4) is 0 Å². The average molecular weight is 176 g/mol. The first-order valence-electron chi connectivity index (χ1n) is 3.89. The zero-order valence-corrected chi connectivity index (χ0v) is 7.29. The smallest absolute Gasteiger partial charge is 0.213 e. The van der Waals surface area contributed by atoms with Crippen molar-refractivity contribution in [2.45, 2.75) is 13.3 Å². The Morgan fingerprint density at radius 1 is 1.69 bits per heavy atom. The van der Waals surface area contributed by atoms with Gasteiger partial charge in [0.15, 0.2) is 0 Å². The topological polar surface area (TPSA) is 36.7 Å². The molecule has 0 N–H and O–H groups in total. The lowest BCUT2D eigenvalue weighted by Gasteiger charge is -1.97. The number of halogens is 1. The highest BCUT2D eigenvalue weighted by Gasteiger charge is 1.96. The van der Waals surface area contributed by atoms with Crippen molar-refractivity contribution >= 4 is 6.08 Å². The van der Waals surface area contributed by atoms with Gasteiger partial charge in [-0.15, -0.1) is 0 Å². The summed E-state index contributed by atoms with van der Waals surface area (Å²) < 4.78 is 12.6. The average Bonchev–Trinajstić information content (AvgIpc) is 2.11. The van der Waals surface area contributed by atoms with E-state index >= 15 is 0 Å². The maximum Gasteiger partial charge on any atom is 0.213 e. The lowest BCUT2D eigenvalue weighted by Crippen LogP contribution is -1.87. The molecule has 0 aliphatic carbocycles. The van der Waals surface area contributed by atoms with Crippen LogP contribution in [0.5, 0.6) is 0 Å². The van der Waals surface area contributed by atoms with Gasteiger partial charge >= 0.3 is 0 Å². The van der Waals surface area contributed by atoms with Crippen molar-refractivity contribution in [1.82, 2.24) is 4.98 Å². The SMILES string of the molecule is Cc1cnc(F)cc1C=CCC#N. The van der Waals surface area contributed by atoms with E-state index in [1.165, 1.54) is 12.3 Å². The van der Waals surface area contributed by atoms with E-state index in [1.54, 1.807) is 12.2 Å². The summed E-state index contributed by atoms with van der Waals surface area (Å²) in [6.45, 7) is 1.85. The van der Waals surface area contributed by atoms with Crippen LogP contribution in [0.4, 0.5) is 4.39 Å².